The summed E-state index contributed by atoms with van der Waals surface area (Å²) in [6, 6.07) is 22.2. The number of para-hydroxylation sites is 1. The predicted molar refractivity (Wildman–Crippen MR) is 131 cm³/mol. The second-order valence-corrected chi connectivity index (χ2v) is 11.7. The van der Waals surface area contributed by atoms with Crippen LogP contribution in [-0.2, 0) is 33.0 Å². The lowest BCUT2D eigenvalue weighted by Crippen LogP contribution is -2.34. The Hall–Kier alpha value is -3.21. The highest BCUT2D eigenvalue weighted by Gasteiger charge is 2.31. The summed E-state index contributed by atoms with van der Waals surface area (Å²) in [4.78, 5) is 12.6. The number of benzene rings is 3. The Kier molecular flexibility index (Phi) is 7.01. The molecular weight excluding hydrogens is 474 g/mol. The largest absolute Gasteiger partial charge is 0.351 e. The lowest BCUT2D eigenvalue weighted by Gasteiger charge is -2.20. The van der Waals surface area contributed by atoms with Gasteiger partial charge in [0.15, 0.2) is 0 Å². The highest BCUT2D eigenvalue weighted by atomic mass is 32.2. The molecule has 3 aromatic rings. The average molecular weight is 500 g/mol. The molecule has 2 N–H and O–H groups in total. The highest BCUT2D eigenvalue weighted by Crippen LogP contribution is 2.32. The standard InChI is InChI=1S/C24H25N3O5S2/c28-24(25-14-16-33(29,30)26-18-19-7-2-1-3-8-19)21-10-6-11-22(17-21)34(31,32)27-15-13-20-9-4-5-12-23(20)27/h1-12,17,26H,13-16,18H2,(H,25,28). The Morgan fingerprint density at radius 1 is 0.882 bits per heavy atom. The van der Waals surface area contributed by atoms with Crippen LogP contribution in [0.25, 0.3) is 0 Å². The number of amides is 1. The summed E-state index contributed by atoms with van der Waals surface area (Å²) in [7, 11) is -7.43. The Labute approximate surface area is 199 Å². The van der Waals surface area contributed by atoms with Crippen LogP contribution in [0.3, 0.4) is 0 Å². The van der Waals surface area contributed by atoms with Crippen LogP contribution in [0.15, 0.2) is 83.8 Å². The Balaban J connectivity index is 1.37. The number of fused-ring (bicyclic) bond motifs is 1. The molecule has 0 saturated carbocycles. The molecule has 0 aliphatic carbocycles. The van der Waals surface area contributed by atoms with E-state index in [4.69, 9.17) is 0 Å². The fraction of sp³-hybridized carbons (Fsp3) is 0.208. The minimum absolute atomic E-state index is 0.00834. The van der Waals surface area contributed by atoms with Crippen LogP contribution in [0.5, 0.6) is 0 Å². The number of carbonyl (C=O) groups is 1. The topological polar surface area (TPSA) is 113 Å². The molecule has 1 heterocycles. The van der Waals surface area contributed by atoms with Crippen LogP contribution in [0.4, 0.5) is 5.69 Å². The molecule has 1 aliphatic rings. The fourth-order valence-corrected chi connectivity index (χ4v) is 6.20. The molecule has 10 heteroatoms. The maximum atomic E-state index is 13.2. The summed E-state index contributed by atoms with van der Waals surface area (Å²) in [5.41, 5.74) is 2.57. The molecule has 0 bridgehead atoms. The number of rotatable bonds is 9. The maximum absolute atomic E-state index is 13.2. The van der Waals surface area contributed by atoms with E-state index in [-0.39, 0.29) is 29.3 Å². The minimum Gasteiger partial charge on any atom is -0.351 e. The first-order valence-electron chi connectivity index (χ1n) is 10.8. The van der Waals surface area contributed by atoms with Crippen LogP contribution in [0.2, 0.25) is 0 Å². The van der Waals surface area contributed by atoms with Crippen molar-refractivity contribution in [1.82, 2.24) is 10.0 Å². The lowest BCUT2D eigenvalue weighted by molar-refractivity contribution is 0.0956. The SMILES string of the molecule is O=C(NCCS(=O)(=O)NCc1ccccc1)c1cccc(S(=O)(=O)N2CCc3ccccc32)c1. The zero-order valence-electron chi connectivity index (χ0n) is 18.3. The molecule has 4 rings (SSSR count). The number of hydrogen-bond donors (Lipinski definition) is 2. The third-order valence-electron chi connectivity index (χ3n) is 5.52. The summed E-state index contributed by atoms with van der Waals surface area (Å²) < 4.78 is 54.7. The first-order valence-corrected chi connectivity index (χ1v) is 13.9. The fourth-order valence-electron chi connectivity index (χ4n) is 3.74. The van der Waals surface area contributed by atoms with E-state index >= 15 is 0 Å². The number of sulfonamides is 2. The van der Waals surface area contributed by atoms with Crippen LogP contribution in [0.1, 0.15) is 21.5 Å². The van der Waals surface area contributed by atoms with Gasteiger partial charge in [-0.2, -0.15) is 0 Å². The van der Waals surface area contributed by atoms with Crippen molar-refractivity contribution in [2.75, 3.05) is 23.1 Å². The predicted octanol–water partition coefficient (Wildman–Crippen LogP) is 2.29. The normalized spacial score (nSPS) is 13.5. The van der Waals surface area contributed by atoms with Gasteiger partial charge in [0.25, 0.3) is 15.9 Å². The molecule has 0 radical (unpaired) electrons. The molecule has 0 fully saturated rings. The van der Waals surface area contributed by atoms with Gasteiger partial charge in [0.2, 0.25) is 10.0 Å². The zero-order valence-corrected chi connectivity index (χ0v) is 20.0. The third kappa shape index (κ3) is 5.46. The van der Waals surface area contributed by atoms with Crippen molar-refractivity contribution in [2.45, 2.75) is 17.9 Å². The highest BCUT2D eigenvalue weighted by molar-refractivity contribution is 7.92. The number of carbonyl (C=O) groups excluding carboxylic acids is 1. The average Bonchev–Trinajstić information content (AvgIpc) is 3.28. The molecule has 0 aromatic heterocycles. The molecular formula is C24H25N3O5S2. The number of anilines is 1. The van der Waals surface area contributed by atoms with Crippen LogP contribution >= 0.6 is 0 Å². The lowest BCUT2D eigenvalue weighted by atomic mass is 10.2. The van der Waals surface area contributed by atoms with E-state index < -0.39 is 26.0 Å². The summed E-state index contributed by atoms with van der Waals surface area (Å²) >= 11 is 0. The third-order valence-corrected chi connectivity index (χ3v) is 8.66. The monoisotopic (exact) mass is 499 g/mol. The molecule has 0 atom stereocenters. The number of nitrogens with one attached hydrogen (secondary N) is 2. The van der Waals surface area contributed by atoms with Gasteiger partial charge in [-0.15, -0.1) is 0 Å². The molecule has 8 nitrogen and oxygen atoms in total. The first-order chi connectivity index (χ1) is 16.3. The Morgan fingerprint density at radius 3 is 2.41 bits per heavy atom. The smallest absolute Gasteiger partial charge is 0.264 e. The van der Waals surface area contributed by atoms with Crippen molar-refractivity contribution in [3.63, 3.8) is 0 Å². The second-order valence-electron chi connectivity index (χ2n) is 7.87. The van der Waals surface area contributed by atoms with Gasteiger partial charge in [-0.05, 0) is 41.8 Å². The Morgan fingerprint density at radius 2 is 1.62 bits per heavy atom. The number of nitrogens with zero attached hydrogens (tertiary/aromatic N) is 1. The van der Waals surface area contributed by atoms with Crippen molar-refractivity contribution in [2.24, 2.45) is 0 Å². The molecule has 0 saturated heterocycles. The van der Waals surface area contributed by atoms with Crippen molar-refractivity contribution in [3.8, 4) is 0 Å². The van der Waals surface area contributed by atoms with E-state index in [1.807, 2.05) is 42.5 Å². The van der Waals surface area contributed by atoms with Crippen LogP contribution in [-0.4, -0.2) is 41.6 Å². The van der Waals surface area contributed by atoms with E-state index in [9.17, 15) is 21.6 Å². The van der Waals surface area contributed by atoms with E-state index in [0.717, 1.165) is 11.1 Å². The Bertz CT molecular complexity index is 1390. The van der Waals surface area contributed by atoms with Gasteiger partial charge in [-0.1, -0.05) is 54.6 Å². The summed E-state index contributed by atoms with van der Waals surface area (Å²) in [6.07, 6.45) is 0.627. The molecule has 34 heavy (non-hydrogen) atoms. The molecule has 3 aromatic carbocycles. The van der Waals surface area contributed by atoms with Gasteiger partial charge in [0.05, 0.1) is 16.3 Å². The van der Waals surface area contributed by atoms with Gasteiger partial charge in [0, 0.05) is 25.2 Å². The molecule has 0 unspecified atom stereocenters. The summed E-state index contributed by atoms with van der Waals surface area (Å²) in [6.45, 7) is 0.391. The van der Waals surface area contributed by atoms with Crippen LogP contribution in [0, 0.1) is 0 Å². The van der Waals surface area contributed by atoms with Crippen LogP contribution < -0.4 is 14.3 Å². The maximum Gasteiger partial charge on any atom is 0.264 e. The molecule has 0 spiro atoms. The van der Waals surface area contributed by atoms with Crippen molar-refractivity contribution < 1.29 is 21.6 Å². The number of hydrogen-bond acceptors (Lipinski definition) is 5. The minimum atomic E-state index is -3.84. The zero-order chi connectivity index (χ0) is 24.2. The van der Waals surface area contributed by atoms with Gasteiger partial charge in [-0.25, -0.2) is 21.6 Å². The molecule has 1 aliphatic heterocycles. The van der Waals surface area contributed by atoms with E-state index in [0.29, 0.717) is 18.7 Å². The summed E-state index contributed by atoms with van der Waals surface area (Å²) in [5, 5.41) is 2.55. The van der Waals surface area contributed by atoms with E-state index in [2.05, 4.69) is 10.0 Å². The quantitative estimate of drug-likeness (QED) is 0.469. The first kappa shape index (κ1) is 23.9. The van der Waals surface area contributed by atoms with E-state index in [1.165, 1.54) is 28.6 Å². The van der Waals surface area contributed by atoms with Gasteiger partial charge in [0.1, 0.15) is 0 Å². The van der Waals surface area contributed by atoms with Gasteiger partial charge in [-0.3, -0.25) is 9.10 Å². The molecule has 178 valence electrons. The van der Waals surface area contributed by atoms with Gasteiger partial charge >= 0.3 is 0 Å². The van der Waals surface area contributed by atoms with Crippen molar-refractivity contribution in [3.05, 3.63) is 95.6 Å². The molecule has 1 amide bonds. The van der Waals surface area contributed by atoms with Crippen molar-refractivity contribution >= 4 is 31.6 Å². The van der Waals surface area contributed by atoms with Gasteiger partial charge < -0.3 is 5.32 Å². The second kappa shape index (κ2) is 9.96. The van der Waals surface area contributed by atoms with E-state index in [1.54, 1.807) is 12.1 Å². The summed E-state index contributed by atoms with van der Waals surface area (Å²) in [5.74, 6) is -0.842. The van der Waals surface area contributed by atoms with Crippen molar-refractivity contribution in [1.29, 1.82) is 0 Å².